The van der Waals surface area contributed by atoms with Gasteiger partial charge in [0.1, 0.15) is 0 Å². The van der Waals surface area contributed by atoms with E-state index in [0.717, 1.165) is 5.56 Å². The Morgan fingerprint density at radius 2 is 2.00 bits per heavy atom. The normalized spacial score (nSPS) is 15.5. The fourth-order valence-electron chi connectivity index (χ4n) is 2.03. The van der Waals surface area contributed by atoms with Gasteiger partial charge < -0.3 is 0 Å². The van der Waals surface area contributed by atoms with E-state index in [2.05, 4.69) is 4.99 Å². The maximum absolute atomic E-state index is 12.3. The second-order valence-electron chi connectivity index (χ2n) is 4.99. The number of hydrogen-bond donors (Lipinski definition) is 0. The molecule has 1 aliphatic heterocycles. The zero-order valence-corrected chi connectivity index (χ0v) is 10.7. The summed E-state index contributed by atoms with van der Waals surface area (Å²) in [6.07, 6.45) is -5.65. The molecule has 0 spiro atoms. The number of Topliss-reactive ketones (excluding diaryl/α,β-unsaturated/α-hetero) is 1. The van der Waals surface area contributed by atoms with Gasteiger partial charge in [0.2, 0.25) is 0 Å². The smallest absolute Gasteiger partial charge is 0.292 e. The lowest BCUT2D eigenvalue weighted by atomic mass is 9.94. The van der Waals surface area contributed by atoms with Crippen LogP contribution >= 0.6 is 0 Å². The molecule has 2 nitrogen and oxygen atoms in total. The van der Waals surface area contributed by atoms with Crippen LogP contribution in [0.25, 0.3) is 0 Å². The highest BCUT2D eigenvalue weighted by Crippen LogP contribution is 2.31. The number of carbonyl (C=O) groups is 1. The van der Waals surface area contributed by atoms with E-state index in [1.54, 1.807) is 6.07 Å². The number of rotatable bonds is 2. The lowest BCUT2D eigenvalue weighted by Crippen LogP contribution is -2.26. The molecule has 0 fully saturated rings. The van der Waals surface area contributed by atoms with Crippen molar-refractivity contribution in [1.29, 1.82) is 0 Å². The van der Waals surface area contributed by atoms with Gasteiger partial charge in [-0.25, -0.2) is 4.99 Å². The first-order chi connectivity index (χ1) is 8.76. The fraction of sp³-hybridized carbons (Fsp3) is 0.429. The molecule has 1 heterocycles. The second-order valence-corrected chi connectivity index (χ2v) is 4.99. The van der Waals surface area contributed by atoms with Crippen molar-refractivity contribution < 1.29 is 18.0 Å². The molecule has 5 heteroatoms. The van der Waals surface area contributed by atoms with E-state index in [-0.39, 0.29) is 6.42 Å². The molecule has 1 aromatic carbocycles. The van der Waals surface area contributed by atoms with Gasteiger partial charge >= 0.3 is 6.18 Å². The van der Waals surface area contributed by atoms with Gasteiger partial charge in [0.15, 0.2) is 5.78 Å². The van der Waals surface area contributed by atoms with Gasteiger partial charge in [-0.15, -0.1) is 0 Å². The van der Waals surface area contributed by atoms with Crippen molar-refractivity contribution in [3.8, 4) is 0 Å². The molecule has 19 heavy (non-hydrogen) atoms. The van der Waals surface area contributed by atoms with E-state index in [9.17, 15) is 18.0 Å². The van der Waals surface area contributed by atoms with E-state index >= 15 is 0 Å². The maximum Gasteiger partial charge on any atom is 0.394 e. The lowest BCUT2D eigenvalue weighted by Gasteiger charge is -2.17. The molecular formula is C14H14F3NO. The molecular weight excluding hydrogens is 255 g/mol. The van der Waals surface area contributed by atoms with Crippen LogP contribution in [0.5, 0.6) is 0 Å². The molecule has 0 saturated carbocycles. The first-order valence-electron chi connectivity index (χ1n) is 6.06. The first kappa shape index (κ1) is 13.8. The highest BCUT2D eigenvalue weighted by molar-refractivity contribution is 6.41. The number of halogens is 3. The van der Waals surface area contributed by atoms with Crippen LogP contribution in [-0.2, 0) is 11.2 Å². The van der Waals surface area contributed by atoms with E-state index < -0.39 is 24.1 Å². The summed E-state index contributed by atoms with van der Waals surface area (Å²) >= 11 is 0. The second kappa shape index (κ2) is 4.79. The number of nitrogens with zero attached hydrogens (tertiary/aromatic N) is 1. The Kier molecular flexibility index (Phi) is 3.47. The summed E-state index contributed by atoms with van der Waals surface area (Å²) in [6, 6.07) is 5.38. The summed E-state index contributed by atoms with van der Waals surface area (Å²) in [5, 5.41) is 0. The third kappa shape index (κ3) is 3.22. The molecule has 0 aromatic heterocycles. The molecule has 0 aliphatic carbocycles. The maximum atomic E-state index is 12.3. The summed E-state index contributed by atoms with van der Waals surface area (Å²) in [6.45, 7) is 4.04. The van der Waals surface area contributed by atoms with Crippen molar-refractivity contribution in [3.63, 3.8) is 0 Å². The number of benzene rings is 1. The Balaban J connectivity index is 2.35. The van der Waals surface area contributed by atoms with Crippen molar-refractivity contribution in [2.24, 2.45) is 4.99 Å². The molecule has 0 atom stereocenters. The topological polar surface area (TPSA) is 29.4 Å². The van der Waals surface area contributed by atoms with Gasteiger partial charge in [-0.05, 0) is 23.1 Å². The Morgan fingerprint density at radius 1 is 1.32 bits per heavy atom. The summed E-state index contributed by atoms with van der Waals surface area (Å²) in [5.74, 6) is -0.230. The molecule has 2 rings (SSSR count). The van der Waals surface area contributed by atoms with Crippen LogP contribution in [-0.4, -0.2) is 17.7 Å². The van der Waals surface area contributed by atoms with Crippen molar-refractivity contribution in [2.75, 3.05) is 0 Å². The average molecular weight is 269 g/mol. The van der Waals surface area contributed by atoms with Crippen LogP contribution < -0.4 is 0 Å². The van der Waals surface area contributed by atoms with Gasteiger partial charge in [-0.3, -0.25) is 4.79 Å². The highest BCUT2D eigenvalue weighted by Gasteiger charge is 2.34. The predicted octanol–water partition coefficient (Wildman–Crippen LogP) is 3.96. The van der Waals surface area contributed by atoms with Gasteiger partial charge in [0.05, 0.1) is 17.8 Å². The molecule has 0 bridgehead atoms. The van der Waals surface area contributed by atoms with Crippen molar-refractivity contribution >= 4 is 17.2 Å². The highest BCUT2D eigenvalue weighted by atomic mass is 19.4. The molecule has 1 aromatic rings. The minimum Gasteiger partial charge on any atom is -0.292 e. The van der Waals surface area contributed by atoms with E-state index in [0.29, 0.717) is 17.2 Å². The van der Waals surface area contributed by atoms with Crippen LogP contribution in [0.4, 0.5) is 18.9 Å². The third-order valence-corrected chi connectivity index (χ3v) is 3.07. The monoisotopic (exact) mass is 269 g/mol. The molecule has 0 N–H and O–H groups in total. The Labute approximate surface area is 109 Å². The minimum absolute atomic E-state index is 0.00477. The van der Waals surface area contributed by atoms with E-state index in [1.165, 1.54) is 0 Å². The van der Waals surface area contributed by atoms with Crippen molar-refractivity contribution in [1.82, 2.24) is 0 Å². The zero-order chi connectivity index (χ0) is 14.2. The largest absolute Gasteiger partial charge is 0.394 e. The summed E-state index contributed by atoms with van der Waals surface area (Å²) in [4.78, 5) is 15.5. The third-order valence-electron chi connectivity index (χ3n) is 3.07. The number of fused-ring (bicyclic) bond motifs is 1. The Morgan fingerprint density at radius 3 is 2.58 bits per heavy atom. The molecule has 0 saturated heterocycles. The Bertz CT molecular complexity index is 544. The van der Waals surface area contributed by atoms with Gasteiger partial charge in [-0.1, -0.05) is 26.0 Å². The summed E-state index contributed by atoms with van der Waals surface area (Å²) in [7, 11) is 0. The summed E-state index contributed by atoms with van der Waals surface area (Å²) in [5.41, 5.74) is 1.85. The number of aliphatic imine (C=N–C) groups is 1. The van der Waals surface area contributed by atoms with Crippen molar-refractivity contribution in [3.05, 3.63) is 29.3 Å². The van der Waals surface area contributed by atoms with Gasteiger partial charge in [0, 0.05) is 6.42 Å². The number of alkyl halides is 3. The van der Waals surface area contributed by atoms with Crippen LogP contribution in [0.3, 0.4) is 0 Å². The predicted molar refractivity (Wildman–Crippen MR) is 67.0 cm³/mol. The van der Waals surface area contributed by atoms with E-state index in [1.807, 2.05) is 26.0 Å². The van der Waals surface area contributed by atoms with Gasteiger partial charge in [0.25, 0.3) is 0 Å². The molecule has 1 aliphatic rings. The molecule has 102 valence electrons. The average Bonchev–Trinajstić information content (AvgIpc) is 2.27. The molecule has 0 amide bonds. The number of ketones is 1. The number of hydrogen-bond acceptors (Lipinski definition) is 2. The van der Waals surface area contributed by atoms with E-state index in [4.69, 9.17) is 0 Å². The fourth-order valence-corrected chi connectivity index (χ4v) is 2.03. The first-order valence-corrected chi connectivity index (χ1v) is 6.06. The quantitative estimate of drug-likeness (QED) is 0.799. The summed E-state index contributed by atoms with van der Waals surface area (Å²) < 4.78 is 37.0. The molecule has 0 unspecified atom stereocenters. The number of carbonyl (C=O) groups excluding carboxylic acids is 1. The SMILES string of the molecule is CC(C)c1ccc2c(c1)CC(=O)C(CC(F)(F)F)=N2. The lowest BCUT2D eigenvalue weighted by molar-refractivity contribution is -0.125. The van der Waals surface area contributed by atoms with Crippen LogP contribution in [0.1, 0.15) is 37.3 Å². The zero-order valence-electron chi connectivity index (χ0n) is 10.7. The van der Waals surface area contributed by atoms with Crippen LogP contribution in [0.15, 0.2) is 23.2 Å². The standard InChI is InChI=1S/C14H14F3NO/c1-8(2)9-3-4-11-10(5-9)6-13(19)12(18-11)7-14(15,16)17/h3-5,8H,6-7H2,1-2H3. The van der Waals surface area contributed by atoms with Crippen molar-refractivity contribution in [2.45, 2.75) is 38.8 Å². The Hall–Kier alpha value is -1.65. The minimum atomic E-state index is -4.40. The molecule has 0 radical (unpaired) electrons. The van der Waals surface area contributed by atoms with Crippen LogP contribution in [0.2, 0.25) is 0 Å². The van der Waals surface area contributed by atoms with Gasteiger partial charge in [-0.2, -0.15) is 13.2 Å². The van der Waals surface area contributed by atoms with Crippen LogP contribution in [0, 0.1) is 0 Å².